The van der Waals surface area contributed by atoms with Crippen molar-refractivity contribution in [3.63, 3.8) is 0 Å². The Bertz CT molecular complexity index is 773. The second-order valence-electron chi connectivity index (χ2n) is 4.88. The Morgan fingerprint density at radius 2 is 2.08 bits per heavy atom. The molecule has 2 aromatic rings. The Kier molecular flexibility index (Phi) is 5.39. The van der Waals surface area contributed by atoms with Gasteiger partial charge >= 0.3 is 0 Å². The lowest BCUT2D eigenvalue weighted by molar-refractivity contribution is -0.122. The van der Waals surface area contributed by atoms with E-state index in [9.17, 15) is 9.59 Å². The molecule has 1 aliphatic rings. The zero-order chi connectivity index (χ0) is 16.8. The fourth-order valence-corrected chi connectivity index (χ4v) is 3.49. The van der Waals surface area contributed by atoms with Gasteiger partial charge in [0.15, 0.2) is 5.17 Å². The molecule has 2 N–H and O–H groups in total. The molecule has 1 aromatic heterocycles. The smallest absolute Gasteiger partial charge is 0.240 e. The largest absolute Gasteiger partial charge is 0.326 e. The normalized spacial score (nSPS) is 18.9. The summed E-state index contributed by atoms with van der Waals surface area (Å²) in [6, 6.07) is 13.0. The number of rotatable bonds is 5. The van der Waals surface area contributed by atoms with Gasteiger partial charge in [0.05, 0.1) is 6.21 Å². The van der Waals surface area contributed by atoms with Gasteiger partial charge in [-0.25, -0.2) is 0 Å². The third-order valence-electron chi connectivity index (χ3n) is 3.08. The van der Waals surface area contributed by atoms with E-state index in [1.54, 1.807) is 29.7 Å². The molecule has 122 valence electrons. The highest BCUT2D eigenvalue weighted by molar-refractivity contribution is 8.15. The quantitative estimate of drug-likeness (QED) is 0.637. The Hall–Kier alpha value is -2.45. The van der Waals surface area contributed by atoms with Crippen molar-refractivity contribution in [1.82, 2.24) is 5.32 Å². The Morgan fingerprint density at radius 3 is 2.83 bits per heavy atom. The highest BCUT2D eigenvalue weighted by Gasteiger charge is 2.32. The number of carbonyl (C=O) groups excluding carboxylic acids is 2. The van der Waals surface area contributed by atoms with Gasteiger partial charge in [0.25, 0.3) is 0 Å². The van der Waals surface area contributed by atoms with Crippen LogP contribution in [0.15, 0.2) is 58.0 Å². The van der Waals surface area contributed by atoms with E-state index in [2.05, 4.69) is 20.8 Å². The summed E-state index contributed by atoms with van der Waals surface area (Å²) in [6.45, 7) is 0. The van der Waals surface area contributed by atoms with E-state index in [-0.39, 0.29) is 18.2 Å². The molecule has 1 aromatic carbocycles. The topological polar surface area (TPSA) is 82.9 Å². The van der Waals surface area contributed by atoms with E-state index in [0.29, 0.717) is 10.9 Å². The van der Waals surface area contributed by atoms with Crippen LogP contribution in [-0.2, 0) is 9.59 Å². The van der Waals surface area contributed by atoms with Crippen LogP contribution in [0.2, 0.25) is 0 Å². The fourth-order valence-electron chi connectivity index (χ4n) is 1.99. The number of amidine groups is 1. The van der Waals surface area contributed by atoms with Crippen molar-refractivity contribution in [3.05, 3.63) is 52.7 Å². The summed E-state index contributed by atoms with van der Waals surface area (Å²) in [4.78, 5) is 24.9. The van der Waals surface area contributed by atoms with E-state index >= 15 is 0 Å². The molecule has 6 nitrogen and oxygen atoms in total. The Morgan fingerprint density at radius 1 is 1.25 bits per heavy atom. The van der Waals surface area contributed by atoms with E-state index in [0.717, 1.165) is 4.88 Å². The number of anilines is 1. The monoisotopic (exact) mass is 358 g/mol. The number of nitrogens with one attached hydrogen (secondary N) is 2. The van der Waals surface area contributed by atoms with Gasteiger partial charge < -0.3 is 10.6 Å². The molecule has 0 unspecified atom stereocenters. The van der Waals surface area contributed by atoms with E-state index in [4.69, 9.17) is 0 Å². The van der Waals surface area contributed by atoms with Crippen LogP contribution in [0.3, 0.4) is 0 Å². The third-order valence-corrected chi connectivity index (χ3v) is 4.96. The van der Waals surface area contributed by atoms with Crippen molar-refractivity contribution >= 4 is 52.0 Å². The van der Waals surface area contributed by atoms with E-state index < -0.39 is 5.25 Å². The molecule has 0 spiro atoms. The van der Waals surface area contributed by atoms with Crippen LogP contribution in [0, 0.1) is 0 Å². The van der Waals surface area contributed by atoms with Crippen LogP contribution in [0.4, 0.5) is 5.69 Å². The zero-order valence-corrected chi connectivity index (χ0v) is 14.1. The molecular formula is C16H14N4O2S2. The maximum atomic E-state index is 12.0. The number of hydrogen-bond acceptors (Lipinski definition) is 6. The molecule has 0 radical (unpaired) electrons. The highest BCUT2D eigenvalue weighted by Crippen LogP contribution is 2.23. The van der Waals surface area contributed by atoms with Crippen molar-refractivity contribution in [2.45, 2.75) is 11.7 Å². The van der Waals surface area contributed by atoms with Crippen LogP contribution in [0.5, 0.6) is 0 Å². The maximum absolute atomic E-state index is 12.0. The van der Waals surface area contributed by atoms with Crippen LogP contribution in [-0.4, -0.2) is 28.4 Å². The van der Waals surface area contributed by atoms with Crippen molar-refractivity contribution in [3.8, 4) is 0 Å². The molecule has 2 amide bonds. The van der Waals surface area contributed by atoms with Crippen molar-refractivity contribution in [2.75, 3.05) is 5.32 Å². The predicted octanol–water partition coefficient (Wildman–Crippen LogP) is 2.70. The maximum Gasteiger partial charge on any atom is 0.240 e. The molecule has 1 fully saturated rings. The van der Waals surface area contributed by atoms with Crippen molar-refractivity contribution in [1.29, 1.82) is 0 Å². The molecular weight excluding hydrogens is 344 g/mol. The minimum atomic E-state index is -0.496. The summed E-state index contributed by atoms with van der Waals surface area (Å²) in [5.74, 6) is -0.439. The van der Waals surface area contributed by atoms with Crippen LogP contribution < -0.4 is 10.6 Å². The average molecular weight is 358 g/mol. The number of hydrogen-bond donors (Lipinski definition) is 2. The van der Waals surface area contributed by atoms with Gasteiger partial charge in [0.2, 0.25) is 11.8 Å². The van der Waals surface area contributed by atoms with Gasteiger partial charge in [-0.05, 0) is 23.6 Å². The van der Waals surface area contributed by atoms with E-state index in [1.165, 1.54) is 11.8 Å². The first-order valence-electron chi connectivity index (χ1n) is 7.17. The lowest BCUT2D eigenvalue weighted by Crippen LogP contribution is -2.28. The summed E-state index contributed by atoms with van der Waals surface area (Å²) in [5.41, 5.74) is 0.709. The fraction of sp³-hybridized carbons (Fsp3) is 0.125. The lowest BCUT2D eigenvalue weighted by atomic mass is 10.2. The molecule has 2 heterocycles. The summed E-state index contributed by atoms with van der Waals surface area (Å²) in [6.07, 6.45) is 1.71. The van der Waals surface area contributed by atoms with Crippen LogP contribution in [0.25, 0.3) is 0 Å². The Labute approximate surface area is 147 Å². The Balaban J connectivity index is 1.54. The van der Waals surface area contributed by atoms with Gasteiger partial charge in [-0.3, -0.25) is 9.59 Å². The zero-order valence-electron chi connectivity index (χ0n) is 12.5. The first-order chi connectivity index (χ1) is 11.7. The number of benzene rings is 1. The van der Waals surface area contributed by atoms with Gasteiger partial charge in [0.1, 0.15) is 5.25 Å². The van der Waals surface area contributed by atoms with Crippen molar-refractivity contribution in [2.24, 2.45) is 10.2 Å². The number of nitrogens with zero attached hydrogens (tertiary/aromatic N) is 2. The average Bonchev–Trinajstić information content (AvgIpc) is 3.19. The molecule has 24 heavy (non-hydrogen) atoms. The van der Waals surface area contributed by atoms with Gasteiger partial charge in [-0.1, -0.05) is 36.0 Å². The number of thioether (sulfide) groups is 1. The third kappa shape index (κ3) is 4.53. The minimum Gasteiger partial charge on any atom is -0.326 e. The SMILES string of the molecule is O=C(C[C@H]1SC(=N/N=C/c2cccs2)NC1=O)Nc1ccccc1. The summed E-state index contributed by atoms with van der Waals surface area (Å²) in [7, 11) is 0. The van der Waals surface area contributed by atoms with E-state index in [1.807, 2.05) is 35.7 Å². The first kappa shape index (κ1) is 16.4. The lowest BCUT2D eigenvalue weighted by Gasteiger charge is -2.06. The predicted molar refractivity (Wildman–Crippen MR) is 98.6 cm³/mol. The standard InChI is InChI=1S/C16H14N4O2S2/c21-14(18-11-5-2-1-3-6-11)9-13-15(22)19-16(24-13)20-17-10-12-7-4-8-23-12/h1-8,10,13H,9H2,(H,18,21)(H,19,20,22)/b17-10+/t13-/m1/s1. The second kappa shape index (κ2) is 7.89. The number of amides is 2. The molecule has 8 heteroatoms. The van der Waals surface area contributed by atoms with Gasteiger partial charge in [-0.2, -0.15) is 5.10 Å². The first-order valence-corrected chi connectivity index (χ1v) is 8.93. The highest BCUT2D eigenvalue weighted by atomic mass is 32.2. The number of carbonyl (C=O) groups is 2. The molecule has 1 aliphatic heterocycles. The van der Waals surface area contributed by atoms with Gasteiger partial charge in [-0.15, -0.1) is 16.4 Å². The molecule has 3 rings (SSSR count). The number of para-hydroxylation sites is 1. The molecule has 0 bridgehead atoms. The number of thiophene rings is 1. The molecule has 0 saturated carbocycles. The van der Waals surface area contributed by atoms with Crippen LogP contribution in [0.1, 0.15) is 11.3 Å². The van der Waals surface area contributed by atoms with Crippen molar-refractivity contribution < 1.29 is 9.59 Å². The molecule has 1 saturated heterocycles. The van der Waals surface area contributed by atoms with Crippen LogP contribution >= 0.6 is 23.1 Å². The van der Waals surface area contributed by atoms with Gasteiger partial charge in [0, 0.05) is 17.0 Å². The summed E-state index contributed by atoms with van der Waals surface area (Å²) >= 11 is 2.76. The molecule has 1 atom stereocenters. The molecule has 0 aliphatic carbocycles. The summed E-state index contributed by atoms with van der Waals surface area (Å²) < 4.78 is 0. The summed E-state index contributed by atoms with van der Waals surface area (Å²) in [5, 5.41) is 15.2. The second-order valence-corrected chi connectivity index (χ2v) is 7.05. The minimum absolute atomic E-state index is 0.0824.